The first-order valence-corrected chi connectivity index (χ1v) is 9.45. The monoisotopic (exact) mass is 376 g/mol. The van der Waals surface area contributed by atoms with Gasteiger partial charge in [0.25, 0.3) is 5.91 Å². The van der Waals surface area contributed by atoms with Gasteiger partial charge in [-0.2, -0.15) is 0 Å². The molecule has 3 heterocycles. The number of rotatable bonds is 2. The second-order valence-corrected chi connectivity index (χ2v) is 8.23. The summed E-state index contributed by atoms with van der Waals surface area (Å²) in [6.07, 6.45) is 2.66. The van der Waals surface area contributed by atoms with Crippen LogP contribution in [0.2, 0.25) is 0 Å². The van der Waals surface area contributed by atoms with E-state index in [9.17, 15) is 9.59 Å². The Balaban J connectivity index is 1.64. The predicted molar refractivity (Wildman–Crippen MR) is 110 cm³/mol. The number of nitrogens with one attached hydrogen (secondary N) is 1. The fraction of sp³-hybridized carbons (Fsp3) is 0.318. The lowest BCUT2D eigenvalue weighted by molar-refractivity contribution is -0.125. The number of anilines is 2. The number of benzene rings is 1. The molecule has 6 heteroatoms. The number of hydrogen-bond donors (Lipinski definition) is 1. The number of amides is 2. The van der Waals surface area contributed by atoms with Crippen LogP contribution in [0.15, 0.2) is 42.6 Å². The van der Waals surface area contributed by atoms with Crippen LogP contribution >= 0.6 is 0 Å². The average molecular weight is 376 g/mol. The number of pyridine rings is 1. The Morgan fingerprint density at radius 2 is 1.93 bits per heavy atom. The van der Waals surface area contributed by atoms with Gasteiger partial charge in [0.15, 0.2) is 0 Å². The van der Waals surface area contributed by atoms with E-state index in [0.717, 1.165) is 23.3 Å². The van der Waals surface area contributed by atoms with Crippen molar-refractivity contribution in [1.29, 1.82) is 0 Å². The summed E-state index contributed by atoms with van der Waals surface area (Å²) in [5.74, 6) is -0.129. The normalized spacial score (nSPS) is 13.6. The average Bonchev–Trinajstić information content (AvgIpc) is 3.19. The van der Waals surface area contributed by atoms with Crippen LogP contribution in [-0.2, 0) is 11.2 Å². The maximum absolute atomic E-state index is 12.9. The van der Waals surface area contributed by atoms with E-state index < -0.39 is 5.41 Å². The van der Waals surface area contributed by atoms with E-state index in [-0.39, 0.29) is 11.8 Å². The van der Waals surface area contributed by atoms with Crippen molar-refractivity contribution in [2.24, 2.45) is 5.41 Å². The highest BCUT2D eigenvalue weighted by atomic mass is 16.2. The van der Waals surface area contributed by atoms with Gasteiger partial charge in [0.1, 0.15) is 11.3 Å². The van der Waals surface area contributed by atoms with Crippen molar-refractivity contribution in [3.05, 3.63) is 59.5 Å². The van der Waals surface area contributed by atoms with Gasteiger partial charge in [-0.3, -0.25) is 14.0 Å². The molecule has 0 fully saturated rings. The zero-order valence-corrected chi connectivity index (χ0v) is 16.6. The van der Waals surface area contributed by atoms with Gasteiger partial charge in [-0.1, -0.05) is 32.9 Å². The van der Waals surface area contributed by atoms with Gasteiger partial charge in [-0.05, 0) is 43.2 Å². The van der Waals surface area contributed by atoms with E-state index in [1.54, 1.807) is 4.40 Å². The first-order chi connectivity index (χ1) is 13.3. The molecule has 3 aromatic rings. The molecule has 4 rings (SSSR count). The van der Waals surface area contributed by atoms with Gasteiger partial charge in [0.05, 0.1) is 5.69 Å². The zero-order chi connectivity index (χ0) is 20.1. The minimum atomic E-state index is -0.450. The van der Waals surface area contributed by atoms with E-state index in [1.165, 1.54) is 0 Å². The molecule has 1 aliphatic heterocycles. The van der Waals surface area contributed by atoms with Crippen LogP contribution in [0.4, 0.5) is 11.4 Å². The van der Waals surface area contributed by atoms with Crippen LogP contribution in [-0.4, -0.2) is 27.7 Å². The summed E-state index contributed by atoms with van der Waals surface area (Å²) < 4.78 is 1.79. The molecule has 0 radical (unpaired) electrons. The van der Waals surface area contributed by atoms with E-state index >= 15 is 0 Å². The lowest BCUT2D eigenvalue weighted by Gasteiger charge is -2.26. The first kappa shape index (κ1) is 18.2. The molecule has 0 aliphatic carbocycles. The molecule has 1 N–H and O–H groups in total. The lowest BCUT2D eigenvalue weighted by atomic mass is 9.94. The standard InChI is InChI=1S/C22H24N4O2/c1-14-19(26-11-6-5-7-18(26)23-14)20(27)24-16-9-8-15-10-12-25(17(15)13-16)21(28)22(2,3)4/h5-9,11,13H,10,12H2,1-4H3,(H,24,27). The summed E-state index contributed by atoms with van der Waals surface area (Å²) in [5.41, 5.74) is 4.15. The van der Waals surface area contributed by atoms with Crippen molar-refractivity contribution >= 4 is 28.8 Å². The highest BCUT2D eigenvalue weighted by molar-refractivity contribution is 6.05. The fourth-order valence-corrected chi connectivity index (χ4v) is 3.65. The van der Waals surface area contributed by atoms with Crippen LogP contribution in [0.1, 0.15) is 42.5 Å². The number of aryl methyl sites for hydroxylation is 1. The maximum atomic E-state index is 12.9. The van der Waals surface area contributed by atoms with Crippen molar-refractivity contribution < 1.29 is 9.59 Å². The molecule has 2 amide bonds. The van der Waals surface area contributed by atoms with Crippen molar-refractivity contribution in [3.8, 4) is 0 Å². The van der Waals surface area contributed by atoms with Crippen LogP contribution in [0.25, 0.3) is 5.65 Å². The third-order valence-corrected chi connectivity index (χ3v) is 5.04. The SMILES string of the molecule is Cc1nc2ccccn2c1C(=O)Nc1ccc2c(c1)N(C(=O)C(C)(C)C)CC2. The van der Waals surface area contributed by atoms with Crippen LogP contribution in [0.5, 0.6) is 0 Å². The summed E-state index contributed by atoms with van der Waals surface area (Å²) in [4.78, 5) is 32.0. The molecule has 1 aromatic carbocycles. The quantitative estimate of drug-likeness (QED) is 0.739. The topological polar surface area (TPSA) is 66.7 Å². The molecule has 0 atom stereocenters. The number of imidazole rings is 1. The molecule has 0 saturated carbocycles. The zero-order valence-electron chi connectivity index (χ0n) is 16.6. The maximum Gasteiger partial charge on any atom is 0.274 e. The Bertz CT molecular complexity index is 1090. The van der Waals surface area contributed by atoms with Crippen LogP contribution < -0.4 is 10.2 Å². The summed E-state index contributed by atoms with van der Waals surface area (Å²) in [5, 5.41) is 2.97. The van der Waals surface area contributed by atoms with E-state index in [2.05, 4.69) is 10.3 Å². The number of fused-ring (bicyclic) bond motifs is 2. The number of hydrogen-bond acceptors (Lipinski definition) is 3. The van der Waals surface area contributed by atoms with E-state index in [1.807, 2.05) is 75.2 Å². The largest absolute Gasteiger partial charge is 0.321 e. The third kappa shape index (κ3) is 3.05. The fourth-order valence-electron chi connectivity index (χ4n) is 3.65. The molecule has 144 valence electrons. The lowest BCUT2D eigenvalue weighted by Crippen LogP contribution is -2.38. The second kappa shape index (κ2) is 6.48. The summed E-state index contributed by atoms with van der Waals surface area (Å²) in [6, 6.07) is 11.4. The second-order valence-electron chi connectivity index (χ2n) is 8.23. The highest BCUT2D eigenvalue weighted by Crippen LogP contribution is 2.34. The van der Waals surface area contributed by atoms with Gasteiger partial charge < -0.3 is 10.2 Å². The molecular formula is C22H24N4O2. The summed E-state index contributed by atoms with van der Waals surface area (Å²) in [7, 11) is 0. The van der Waals surface area contributed by atoms with Gasteiger partial charge in [0, 0.05) is 29.5 Å². The molecule has 0 bridgehead atoms. The van der Waals surface area contributed by atoms with E-state index in [4.69, 9.17) is 0 Å². The van der Waals surface area contributed by atoms with Crippen LogP contribution in [0, 0.1) is 12.3 Å². The molecule has 2 aromatic heterocycles. The van der Waals surface area contributed by atoms with Gasteiger partial charge in [-0.15, -0.1) is 0 Å². The van der Waals surface area contributed by atoms with Gasteiger partial charge >= 0.3 is 0 Å². The molecular weight excluding hydrogens is 352 g/mol. The van der Waals surface area contributed by atoms with Gasteiger partial charge in [0.2, 0.25) is 5.91 Å². The van der Waals surface area contributed by atoms with Gasteiger partial charge in [-0.25, -0.2) is 4.98 Å². The number of carbonyl (C=O) groups is 2. The smallest absolute Gasteiger partial charge is 0.274 e. The number of aromatic nitrogens is 2. The van der Waals surface area contributed by atoms with Crippen molar-refractivity contribution in [1.82, 2.24) is 9.38 Å². The molecule has 0 spiro atoms. The highest BCUT2D eigenvalue weighted by Gasteiger charge is 2.32. The summed E-state index contributed by atoms with van der Waals surface area (Å²) >= 11 is 0. The predicted octanol–water partition coefficient (Wildman–Crippen LogP) is 3.83. The Labute approximate surface area is 164 Å². The van der Waals surface area contributed by atoms with Crippen molar-refractivity contribution in [2.75, 3.05) is 16.8 Å². The van der Waals surface area contributed by atoms with Crippen LogP contribution in [0.3, 0.4) is 0 Å². The number of nitrogens with zero attached hydrogens (tertiary/aromatic N) is 3. The minimum Gasteiger partial charge on any atom is -0.321 e. The molecule has 6 nitrogen and oxygen atoms in total. The Morgan fingerprint density at radius 3 is 2.68 bits per heavy atom. The Kier molecular flexibility index (Phi) is 4.22. The molecule has 1 aliphatic rings. The Morgan fingerprint density at radius 1 is 1.14 bits per heavy atom. The van der Waals surface area contributed by atoms with E-state index in [0.29, 0.717) is 23.6 Å². The Hall–Kier alpha value is -3.15. The number of carbonyl (C=O) groups excluding carboxylic acids is 2. The molecule has 0 saturated heterocycles. The van der Waals surface area contributed by atoms with Crippen molar-refractivity contribution in [3.63, 3.8) is 0 Å². The summed E-state index contributed by atoms with van der Waals surface area (Å²) in [6.45, 7) is 8.27. The van der Waals surface area contributed by atoms with Crippen molar-refractivity contribution in [2.45, 2.75) is 34.1 Å². The first-order valence-electron chi connectivity index (χ1n) is 9.45. The molecule has 0 unspecified atom stereocenters. The molecule has 28 heavy (non-hydrogen) atoms. The third-order valence-electron chi connectivity index (χ3n) is 5.04. The minimum absolute atomic E-state index is 0.0901.